The molecule has 0 aliphatic carbocycles. The van der Waals surface area contributed by atoms with Crippen molar-refractivity contribution in [1.82, 2.24) is 0 Å². The van der Waals surface area contributed by atoms with E-state index in [1.54, 1.807) is 0 Å². The summed E-state index contributed by atoms with van der Waals surface area (Å²) in [5, 5.41) is 18.1. The van der Waals surface area contributed by atoms with Gasteiger partial charge >= 0.3 is 0 Å². The molecule has 0 saturated heterocycles. The number of nitrogens with zero attached hydrogens (tertiary/aromatic N) is 1. The highest BCUT2D eigenvalue weighted by Crippen LogP contribution is 2.42. The van der Waals surface area contributed by atoms with Crippen LogP contribution < -0.4 is 25.6 Å². The Morgan fingerprint density at radius 2 is 0.603 bits per heavy atom. The van der Waals surface area contributed by atoms with Crippen LogP contribution in [0.25, 0.3) is 53.9 Å². The van der Waals surface area contributed by atoms with E-state index in [0.29, 0.717) is 0 Å². The summed E-state index contributed by atoms with van der Waals surface area (Å²) in [6.45, 7) is 0. The molecule has 11 aromatic carbocycles. The van der Waals surface area contributed by atoms with Crippen LogP contribution >= 0.6 is 0 Å². The van der Waals surface area contributed by atoms with E-state index < -0.39 is 8.07 Å². The zero-order valence-corrected chi connectivity index (χ0v) is 33.0. The van der Waals surface area contributed by atoms with Gasteiger partial charge in [-0.25, -0.2) is 0 Å². The van der Waals surface area contributed by atoms with Gasteiger partial charge in [0.05, 0.1) is 11.4 Å². The molecule has 0 heterocycles. The van der Waals surface area contributed by atoms with Crippen molar-refractivity contribution in [2.75, 3.05) is 4.90 Å². The first-order valence-corrected chi connectivity index (χ1v) is 22.1. The zero-order valence-electron chi connectivity index (χ0n) is 32.0. The topological polar surface area (TPSA) is 3.24 Å². The maximum absolute atomic E-state index is 2.89. The third-order valence-corrected chi connectivity index (χ3v) is 16.9. The van der Waals surface area contributed by atoms with Gasteiger partial charge in [-0.2, -0.15) is 0 Å². The lowest BCUT2D eigenvalue weighted by Gasteiger charge is -2.35. The van der Waals surface area contributed by atoms with E-state index in [4.69, 9.17) is 0 Å². The van der Waals surface area contributed by atoms with Gasteiger partial charge in [-0.3, -0.25) is 0 Å². The van der Waals surface area contributed by atoms with E-state index >= 15 is 0 Å². The highest BCUT2D eigenvalue weighted by molar-refractivity contribution is 7.20. The van der Waals surface area contributed by atoms with Crippen LogP contribution in [0.15, 0.2) is 237 Å². The molecular formula is C56H39NSi. The van der Waals surface area contributed by atoms with Crippen LogP contribution in [0.3, 0.4) is 0 Å². The monoisotopic (exact) mass is 753 g/mol. The summed E-state index contributed by atoms with van der Waals surface area (Å²) < 4.78 is 0. The standard InChI is InChI=1S/C56H39NSi/c1-3-21-43(22-4-1)58(44-23-5-2-6-24-44,46-37-38-53-51-29-12-11-27-49(51)50-28-13-14-30-52(50)54(53)39-46)45-35-33-42(34-36-45)57(55-31-15-19-40-17-7-9-25-47(40)55)56-32-16-20-41-18-8-10-26-48(41)56/h1-39H. The summed E-state index contributed by atoms with van der Waals surface area (Å²) in [5.74, 6) is 0. The largest absolute Gasteiger partial charge is 0.309 e. The molecule has 0 amide bonds. The summed E-state index contributed by atoms with van der Waals surface area (Å²) in [6.07, 6.45) is 0. The SMILES string of the molecule is c1ccc([Si](c2ccccc2)(c2ccc(N(c3cccc4ccccc34)c3cccc4ccccc34)cc2)c2ccc3c4ccccc4c4ccccc4c3c2)cc1. The summed E-state index contributed by atoms with van der Waals surface area (Å²) >= 11 is 0. The molecule has 0 radical (unpaired) electrons. The van der Waals surface area contributed by atoms with Crippen molar-refractivity contribution in [1.29, 1.82) is 0 Å². The van der Waals surface area contributed by atoms with Crippen LogP contribution in [0, 0.1) is 0 Å². The molecule has 1 nitrogen and oxygen atoms in total. The Balaban J connectivity index is 1.19. The van der Waals surface area contributed by atoms with Crippen molar-refractivity contribution in [3.63, 3.8) is 0 Å². The zero-order chi connectivity index (χ0) is 38.5. The molecule has 0 fully saturated rings. The molecule has 272 valence electrons. The number of rotatable bonds is 7. The fraction of sp³-hybridized carbons (Fsp3) is 0. The molecule has 11 rings (SSSR count). The molecule has 0 atom stereocenters. The van der Waals surface area contributed by atoms with E-state index in [-0.39, 0.29) is 0 Å². The quantitative estimate of drug-likeness (QED) is 0.0890. The van der Waals surface area contributed by atoms with Crippen LogP contribution in [-0.4, -0.2) is 8.07 Å². The third-order valence-electron chi connectivity index (χ3n) is 12.2. The smallest absolute Gasteiger partial charge is 0.179 e. The molecule has 0 N–H and O–H groups in total. The Bertz CT molecular complexity index is 3120. The molecule has 11 aromatic rings. The first-order chi connectivity index (χ1) is 28.8. The minimum Gasteiger partial charge on any atom is -0.309 e. The predicted molar refractivity (Wildman–Crippen MR) is 252 cm³/mol. The van der Waals surface area contributed by atoms with Gasteiger partial charge in [0, 0.05) is 16.5 Å². The predicted octanol–water partition coefficient (Wildman–Crippen LogP) is 12.3. The second-order valence-corrected chi connectivity index (χ2v) is 19.0. The molecule has 0 aliphatic heterocycles. The van der Waals surface area contributed by atoms with E-state index in [1.807, 2.05) is 0 Å². The normalized spacial score (nSPS) is 11.8. The van der Waals surface area contributed by atoms with Crippen LogP contribution in [0.5, 0.6) is 0 Å². The van der Waals surface area contributed by atoms with Gasteiger partial charge in [0.25, 0.3) is 0 Å². The summed E-state index contributed by atoms with van der Waals surface area (Å²) in [4.78, 5) is 2.45. The van der Waals surface area contributed by atoms with E-state index in [2.05, 4.69) is 241 Å². The van der Waals surface area contributed by atoms with E-state index in [1.165, 1.54) is 74.6 Å². The Kier molecular flexibility index (Phi) is 8.23. The lowest BCUT2D eigenvalue weighted by atomic mass is 9.94. The van der Waals surface area contributed by atoms with Crippen molar-refractivity contribution in [2.45, 2.75) is 0 Å². The van der Waals surface area contributed by atoms with Gasteiger partial charge in [-0.05, 0) is 88.1 Å². The number of hydrogen-bond donors (Lipinski definition) is 0. The molecule has 0 spiro atoms. The molecule has 0 unspecified atom stereocenters. The number of hydrogen-bond acceptors (Lipinski definition) is 1. The number of benzene rings is 11. The average molecular weight is 754 g/mol. The first-order valence-electron chi connectivity index (χ1n) is 20.1. The summed E-state index contributed by atoms with van der Waals surface area (Å²) in [6, 6.07) is 88.0. The van der Waals surface area contributed by atoms with Crippen LogP contribution in [0.1, 0.15) is 0 Å². The number of anilines is 3. The van der Waals surface area contributed by atoms with Gasteiger partial charge < -0.3 is 4.90 Å². The Labute approximate surface area is 339 Å². The highest BCUT2D eigenvalue weighted by Gasteiger charge is 2.41. The highest BCUT2D eigenvalue weighted by atomic mass is 28.3. The lowest BCUT2D eigenvalue weighted by molar-refractivity contribution is 1.31. The maximum atomic E-state index is 2.53. The molecule has 2 heteroatoms. The number of fused-ring (bicyclic) bond motifs is 8. The van der Waals surface area contributed by atoms with Crippen molar-refractivity contribution < 1.29 is 0 Å². The Hall–Kier alpha value is -7.26. The molecule has 0 saturated carbocycles. The lowest BCUT2D eigenvalue weighted by Crippen LogP contribution is -2.74. The fourth-order valence-corrected chi connectivity index (χ4v) is 14.3. The first kappa shape index (κ1) is 34.0. The molecule has 0 aromatic heterocycles. The third kappa shape index (κ3) is 5.38. The molecule has 58 heavy (non-hydrogen) atoms. The molecular weight excluding hydrogens is 715 g/mol. The summed E-state index contributed by atoms with van der Waals surface area (Å²) in [7, 11) is -2.89. The second-order valence-electron chi connectivity index (χ2n) is 15.2. The second kappa shape index (κ2) is 14.0. The molecule has 0 bridgehead atoms. The molecule has 0 aliphatic rings. The van der Waals surface area contributed by atoms with Gasteiger partial charge in [-0.15, -0.1) is 0 Å². The van der Waals surface area contributed by atoms with Gasteiger partial charge in [-0.1, -0.05) is 212 Å². The van der Waals surface area contributed by atoms with Crippen molar-refractivity contribution in [3.05, 3.63) is 237 Å². The van der Waals surface area contributed by atoms with Crippen molar-refractivity contribution >= 4 is 99.7 Å². The van der Waals surface area contributed by atoms with Crippen molar-refractivity contribution in [3.8, 4) is 0 Å². The van der Waals surface area contributed by atoms with Crippen LogP contribution in [-0.2, 0) is 0 Å². The van der Waals surface area contributed by atoms with Gasteiger partial charge in [0.2, 0.25) is 0 Å². The van der Waals surface area contributed by atoms with Gasteiger partial charge in [0.15, 0.2) is 8.07 Å². The maximum Gasteiger partial charge on any atom is 0.179 e. The van der Waals surface area contributed by atoms with E-state index in [9.17, 15) is 0 Å². The fourth-order valence-electron chi connectivity index (χ4n) is 9.59. The van der Waals surface area contributed by atoms with E-state index in [0.717, 1.165) is 17.1 Å². The van der Waals surface area contributed by atoms with Gasteiger partial charge in [0.1, 0.15) is 0 Å². The minimum atomic E-state index is -2.89. The average Bonchev–Trinajstić information content (AvgIpc) is 3.31. The summed E-state index contributed by atoms with van der Waals surface area (Å²) in [5.41, 5.74) is 3.44. The Morgan fingerprint density at radius 1 is 0.241 bits per heavy atom. The van der Waals surface area contributed by atoms with Crippen molar-refractivity contribution in [2.24, 2.45) is 0 Å². The van der Waals surface area contributed by atoms with Crippen LogP contribution in [0.4, 0.5) is 17.1 Å². The Morgan fingerprint density at radius 3 is 1.10 bits per heavy atom. The van der Waals surface area contributed by atoms with Crippen LogP contribution in [0.2, 0.25) is 0 Å². The minimum absolute atomic E-state index is 1.12.